The quantitative estimate of drug-likeness (QED) is 0.857. The predicted octanol–water partition coefficient (Wildman–Crippen LogP) is 2.68. The lowest BCUT2D eigenvalue weighted by atomic mass is 10.0. The number of carbonyl (C=O) groups is 1. The number of carbonyl (C=O) groups excluding carboxylic acids is 1. The van der Waals surface area contributed by atoms with Crippen LogP contribution < -0.4 is 5.32 Å². The highest BCUT2D eigenvalue weighted by Gasteiger charge is 2.25. The summed E-state index contributed by atoms with van der Waals surface area (Å²) < 4.78 is 2.05. The van der Waals surface area contributed by atoms with Gasteiger partial charge >= 0.3 is 0 Å². The molecule has 1 fully saturated rings. The van der Waals surface area contributed by atoms with Crippen LogP contribution in [0.2, 0.25) is 0 Å². The zero-order valence-electron chi connectivity index (χ0n) is 11.6. The number of hydrogen-bond donors (Lipinski definition) is 1. The van der Waals surface area contributed by atoms with E-state index < -0.39 is 0 Å². The maximum Gasteiger partial charge on any atom is 0.181 e. The molecule has 1 aliphatic heterocycles. The molecule has 3 heteroatoms. The summed E-state index contributed by atoms with van der Waals surface area (Å²) in [6.07, 6.45) is 5.04. The molecule has 3 rings (SSSR count). The average molecular weight is 256 g/mol. The molecule has 1 atom stereocenters. The molecule has 0 aliphatic carbocycles. The predicted molar refractivity (Wildman–Crippen MR) is 77.7 cm³/mol. The molecule has 2 aromatic rings. The maximum absolute atomic E-state index is 12.6. The molecule has 1 saturated heterocycles. The number of rotatable bonds is 3. The molecule has 100 valence electrons. The third kappa shape index (κ3) is 2.08. The zero-order chi connectivity index (χ0) is 13.4. The van der Waals surface area contributed by atoms with E-state index >= 15 is 0 Å². The van der Waals surface area contributed by atoms with Gasteiger partial charge < -0.3 is 9.88 Å². The van der Waals surface area contributed by atoms with E-state index in [1.54, 1.807) is 0 Å². The first-order valence-corrected chi connectivity index (χ1v) is 7.06. The van der Waals surface area contributed by atoms with Crippen LogP contribution in [-0.2, 0) is 13.5 Å². The molecule has 0 amide bonds. The third-order valence-corrected chi connectivity index (χ3v) is 4.10. The second-order valence-electron chi connectivity index (χ2n) is 5.37. The second-order valence-corrected chi connectivity index (χ2v) is 5.37. The van der Waals surface area contributed by atoms with Gasteiger partial charge in [0.2, 0.25) is 0 Å². The second kappa shape index (κ2) is 4.82. The largest absolute Gasteiger partial charge is 0.350 e. The number of aromatic nitrogens is 1. The lowest BCUT2D eigenvalue weighted by Crippen LogP contribution is -2.30. The highest BCUT2D eigenvalue weighted by Crippen LogP contribution is 2.25. The van der Waals surface area contributed by atoms with Crippen molar-refractivity contribution in [2.75, 3.05) is 6.54 Å². The van der Waals surface area contributed by atoms with E-state index in [9.17, 15) is 4.79 Å². The number of nitrogens with one attached hydrogen (secondary N) is 1. The minimum Gasteiger partial charge on any atom is -0.350 e. The molecule has 0 spiro atoms. The molecule has 3 nitrogen and oxygen atoms in total. The Labute approximate surface area is 113 Å². The zero-order valence-corrected chi connectivity index (χ0v) is 11.6. The Morgan fingerprint density at radius 2 is 2.32 bits per heavy atom. The monoisotopic (exact) mass is 256 g/mol. The van der Waals surface area contributed by atoms with Crippen molar-refractivity contribution in [1.82, 2.24) is 9.88 Å². The minimum atomic E-state index is 0.0101. The van der Waals surface area contributed by atoms with Gasteiger partial charge in [0.1, 0.15) is 0 Å². The Morgan fingerprint density at radius 1 is 1.47 bits per heavy atom. The van der Waals surface area contributed by atoms with E-state index in [0.717, 1.165) is 42.3 Å². The van der Waals surface area contributed by atoms with Crippen molar-refractivity contribution in [2.45, 2.75) is 32.2 Å². The van der Waals surface area contributed by atoms with Crippen molar-refractivity contribution >= 4 is 16.7 Å². The van der Waals surface area contributed by atoms with Gasteiger partial charge in [-0.05, 0) is 43.5 Å². The molecule has 0 saturated carbocycles. The fourth-order valence-corrected chi connectivity index (χ4v) is 2.95. The lowest BCUT2D eigenvalue weighted by Gasteiger charge is -2.08. The van der Waals surface area contributed by atoms with Crippen molar-refractivity contribution < 1.29 is 4.79 Å². The summed E-state index contributed by atoms with van der Waals surface area (Å²) >= 11 is 0. The van der Waals surface area contributed by atoms with E-state index in [4.69, 9.17) is 0 Å². The molecule has 0 radical (unpaired) electrons. The Balaban J connectivity index is 2.09. The van der Waals surface area contributed by atoms with Gasteiger partial charge in [0, 0.05) is 29.7 Å². The first kappa shape index (κ1) is 12.4. The highest BCUT2D eigenvalue weighted by molar-refractivity contribution is 6.10. The number of aryl methyl sites for hydroxylation is 2. The van der Waals surface area contributed by atoms with Gasteiger partial charge in [-0.15, -0.1) is 0 Å². The van der Waals surface area contributed by atoms with Crippen LogP contribution in [-0.4, -0.2) is 22.9 Å². The molecule has 1 unspecified atom stereocenters. The Bertz CT molecular complexity index is 621. The summed E-state index contributed by atoms with van der Waals surface area (Å²) in [6.45, 7) is 3.10. The van der Waals surface area contributed by atoms with E-state index in [0.29, 0.717) is 0 Å². The van der Waals surface area contributed by atoms with Crippen molar-refractivity contribution in [3.63, 3.8) is 0 Å². The standard InChI is InChI=1S/C16H20N2O/c1-3-11-6-7-15-12(9-11)13(10-18(15)2)16(19)14-5-4-8-17-14/h6-7,9-10,14,17H,3-5,8H2,1-2H3. The molecule has 1 aromatic heterocycles. The number of ketones is 1. The Hall–Kier alpha value is -1.61. The Morgan fingerprint density at radius 3 is 3.00 bits per heavy atom. The number of nitrogens with zero attached hydrogens (tertiary/aromatic N) is 1. The summed E-state index contributed by atoms with van der Waals surface area (Å²) in [5.41, 5.74) is 3.29. The van der Waals surface area contributed by atoms with Crippen LogP contribution in [0.4, 0.5) is 0 Å². The number of fused-ring (bicyclic) bond motifs is 1. The van der Waals surface area contributed by atoms with E-state index in [1.165, 1.54) is 5.56 Å². The number of hydrogen-bond acceptors (Lipinski definition) is 2. The third-order valence-electron chi connectivity index (χ3n) is 4.10. The van der Waals surface area contributed by atoms with Gasteiger partial charge in [0.25, 0.3) is 0 Å². The molecule has 1 N–H and O–H groups in total. The molecule has 0 bridgehead atoms. The first-order chi connectivity index (χ1) is 9.20. The molecule has 19 heavy (non-hydrogen) atoms. The first-order valence-electron chi connectivity index (χ1n) is 7.06. The topological polar surface area (TPSA) is 34.0 Å². The van der Waals surface area contributed by atoms with Crippen molar-refractivity contribution in [3.05, 3.63) is 35.5 Å². The van der Waals surface area contributed by atoms with Gasteiger partial charge in [-0.2, -0.15) is 0 Å². The molecule has 1 aromatic carbocycles. The molecular weight excluding hydrogens is 236 g/mol. The van der Waals surface area contributed by atoms with Gasteiger partial charge in [0.05, 0.1) is 6.04 Å². The fourth-order valence-electron chi connectivity index (χ4n) is 2.95. The van der Waals surface area contributed by atoms with Crippen molar-refractivity contribution in [1.29, 1.82) is 0 Å². The van der Waals surface area contributed by atoms with E-state index in [1.807, 2.05) is 13.2 Å². The van der Waals surface area contributed by atoms with Crippen LogP contribution in [0.3, 0.4) is 0 Å². The van der Waals surface area contributed by atoms with Crippen LogP contribution in [0, 0.1) is 0 Å². The minimum absolute atomic E-state index is 0.0101. The number of Topliss-reactive ketones (excluding diaryl/α,β-unsaturated/α-hetero) is 1. The SMILES string of the molecule is CCc1ccc2c(c1)c(C(=O)C1CCCN1)cn2C. The van der Waals surface area contributed by atoms with Gasteiger partial charge in [0.15, 0.2) is 5.78 Å². The van der Waals surface area contributed by atoms with Crippen molar-refractivity contribution in [3.8, 4) is 0 Å². The summed E-state index contributed by atoms with van der Waals surface area (Å²) in [5.74, 6) is 0.247. The Kier molecular flexibility index (Phi) is 3.15. The van der Waals surface area contributed by atoms with Gasteiger partial charge in [-0.25, -0.2) is 0 Å². The van der Waals surface area contributed by atoms with Crippen LogP contribution in [0.15, 0.2) is 24.4 Å². The molecular formula is C16H20N2O. The molecule has 2 heterocycles. The fraction of sp³-hybridized carbons (Fsp3) is 0.438. The van der Waals surface area contributed by atoms with Gasteiger partial charge in [-0.3, -0.25) is 4.79 Å². The van der Waals surface area contributed by atoms with E-state index in [-0.39, 0.29) is 11.8 Å². The smallest absolute Gasteiger partial charge is 0.181 e. The van der Waals surface area contributed by atoms with Crippen LogP contribution in [0.1, 0.15) is 35.7 Å². The van der Waals surface area contributed by atoms with Crippen LogP contribution in [0.25, 0.3) is 10.9 Å². The van der Waals surface area contributed by atoms with E-state index in [2.05, 4.69) is 35.0 Å². The lowest BCUT2D eigenvalue weighted by molar-refractivity contribution is 0.0954. The highest BCUT2D eigenvalue weighted by atomic mass is 16.1. The van der Waals surface area contributed by atoms with Crippen LogP contribution in [0.5, 0.6) is 0 Å². The summed E-state index contributed by atoms with van der Waals surface area (Å²) in [6, 6.07) is 6.44. The maximum atomic E-state index is 12.6. The normalized spacial score (nSPS) is 19.2. The summed E-state index contributed by atoms with van der Waals surface area (Å²) in [4.78, 5) is 12.6. The summed E-state index contributed by atoms with van der Waals surface area (Å²) in [5, 5.41) is 4.40. The summed E-state index contributed by atoms with van der Waals surface area (Å²) in [7, 11) is 2.01. The van der Waals surface area contributed by atoms with Crippen LogP contribution >= 0.6 is 0 Å². The van der Waals surface area contributed by atoms with Crippen molar-refractivity contribution in [2.24, 2.45) is 7.05 Å². The van der Waals surface area contributed by atoms with Gasteiger partial charge in [-0.1, -0.05) is 13.0 Å². The number of benzene rings is 1. The average Bonchev–Trinajstić information content (AvgIpc) is 3.06. The molecule has 1 aliphatic rings.